The molecule has 168 valence electrons. The Labute approximate surface area is 187 Å². The van der Waals surface area contributed by atoms with Crippen LogP contribution in [0.1, 0.15) is 56.8 Å². The molecule has 32 heavy (non-hydrogen) atoms. The lowest BCUT2D eigenvalue weighted by Gasteiger charge is -2.29. The van der Waals surface area contributed by atoms with E-state index < -0.39 is 0 Å². The molecule has 1 aromatic carbocycles. The van der Waals surface area contributed by atoms with Gasteiger partial charge in [0, 0.05) is 48.4 Å². The Morgan fingerprint density at radius 2 is 1.75 bits per heavy atom. The molecule has 1 aliphatic rings. The van der Waals surface area contributed by atoms with Crippen LogP contribution < -0.4 is 16.0 Å². The molecule has 0 aliphatic heterocycles. The zero-order chi connectivity index (χ0) is 22.7. The van der Waals surface area contributed by atoms with Crippen molar-refractivity contribution >= 4 is 28.4 Å². The van der Waals surface area contributed by atoms with Crippen molar-refractivity contribution in [2.75, 3.05) is 5.32 Å². The summed E-state index contributed by atoms with van der Waals surface area (Å²) in [4.78, 5) is 29.1. The van der Waals surface area contributed by atoms with Crippen molar-refractivity contribution in [3.8, 4) is 11.1 Å². The van der Waals surface area contributed by atoms with E-state index in [-0.39, 0.29) is 29.9 Å². The van der Waals surface area contributed by atoms with Gasteiger partial charge in [0.1, 0.15) is 0 Å². The van der Waals surface area contributed by atoms with Gasteiger partial charge in [-0.1, -0.05) is 6.07 Å². The second-order valence-corrected chi connectivity index (χ2v) is 8.79. The van der Waals surface area contributed by atoms with Crippen LogP contribution in [0.4, 0.5) is 5.69 Å². The summed E-state index contributed by atoms with van der Waals surface area (Å²) in [6.45, 7) is 5.65. The number of pyridine rings is 1. The first-order valence-electron chi connectivity index (χ1n) is 11.2. The van der Waals surface area contributed by atoms with Gasteiger partial charge in [0.15, 0.2) is 0 Å². The average molecular weight is 435 g/mol. The van der Waals surface area contributed by atoms with Crippen molar-refractivity contribution in [1.82, 2.24) is 25.8 Å². The van der Waals surface area contributed by atoms with Gasteiger partial charge in [-0.2, -0.15) is 5.10 Å². The minimum atomic E-state index is -0.126. The number of nitrogens with one attached hydrogen (secondary N) is 4. The van der Waals surface area contributed by atoms with Gasteiger partial charge in [-0.05, 0) is 57.2 Å². The van der Waals surface area contributed by atoms with Crippen LogP contribution in [0.15, 0.2) is 36.8 Å². The fourth-order valence-corrected chi connectivity index (χ4v) is 4.33. The maximum Gasteiger partial charge on any atom is 0.255 e. The van der Waals surface area contributed by atoms with E-state index in [0.717, 1.165) is 53.4 Å². The van der Waals surface area contributed by atoms with Crippen molar-refractivity contribution in [1.29, 1.82) is 0 Å². The first-order chi connectivity index (χ1) is 15.4. The molecule has 1 fully saturated rings. The standard InChI is InChI=1S/C24H30N6O2/c1-14(2)28-23-20-10-16(17-11-26-27-12-17)4-9-22(20)25-13-21(23)24(32)30-19-7-5-18(6-8-19)29-15(3)31/h4,9-14,18-19H,5-8H2,1-3H3,(H,25,28)(H,26,27)(H,29,31)(H,30,32). The number of H-pyrrole nitrogens is 1. The lowest BCUT2D eigenvalue weighted by Crippen LogP contribution is -2.43. The number of carbonyl (C=O) groups excluding carboxylic acids is 2. The molecule has 2 aromatic heterocycles. The minimum absolute atomic E-state index is 0.00100. The van der Waals surface area contributed by atoms with E-state index in [9.17, 15) is 9.59 Å². The van der Waals surface area contributed by atoms with Crippen molar-refractivity contribution in [3.05, 3.63) is 42.4 Å². The first kappa shape index (κ1) is 21.8. The van der Waals surface area contributed by atoms with Crippen LogP contribution in [-0.2, 0) is 4.79 Å². The molecule has 0 unspecified atom stereocenters. The molecule has 1 saturated carbocycles. The largest absolute Gasteiger partial charge is 0.382 e. The first-order valence-corrected chi connectivity index (χ1v) is 11.2. The molecular weight excluding hydrogens is 404 g/mol. The molecule has 0 spiro atoms. The molecule has 2 heterocycles. The third kappa shape index (κ3) is 4.90. The molecule has 1 aliphatic carbocycles. The highest BCUT2D eigenvalue weighted by molar-refractivity contribution is 6.08. The van der Waals surface area contributed by atoms with Crippen molar-refractivity contribution in [2.45, 2.75) is 64.6 Å². The molecule has 4 rings (SSSR count). The highest BCUT2D eigenvalue weighted by Gasteiger charge is 2.25. The number of nitrogens with zero attached hydrogens (tertiary/aromatic N) is 2. The lowest BCUT2D eigenvalue weighted by atomic mass is 9.91. The smallest absolute Gasteiger partial charge is 0.255 e. The summed E-state index contributed by atoms with van der Waals surface area (Å²) in [6.07, 6.45) is 8.70. The highest BCUT2D eigenvalue weighted by Crippen LogP contribution is 2.31. The van der Waals surface area contributed by atoms with Gasteiger partial charge in [-0.3, -0.25) is 19.7 Å². The number of amides is 2. The SMILES string of the molecule is CC(=O)NC1CCC(NC(=O)c2cnc3ccc(-c4cn[nH]c4)cc3c2NC(C)C)CC1. The Balaban J connectivity index is 1.59. The highest BCUT2D eigenvalue weighted by atomic mass is 16.2. The van der Waals surface area contributed by atoms with E-state index in [2.05, 4.69) is 45.0 Å². The van der Waals surface area contributed by atoms with Crippen LogP contribution in [0.5, 0.6) is 0 Å². The van der Waals surface area contributed by atoms with Gasteiger partial charge in [0.25, 0.3) is 5.91 Å². The van der Waals surface area contributed by atoms with Gasteiger partial charge in [-0.15, -0.1) is 0 Å². The van der Waals surface area contributed by atoms with Crippen molar-refractivity contribution in [2.24, 2.45) is 0 Å². The number of anilines is 1. The van der Waals surface area contributed by atoms with E-state index in [4.69, 9.17) is 0 Å². The summed E-state index contributed by atoms with van der Waals surface area (Å²) in [6, 6.07) is 6.46. The molecule has 8 heteroatoms. The van der Waals surface area contributed by atoms with Gasteiger partial charge < -0.3 is 16.0 Å². The molecule has 0 atom stereocenters. The average Bonchev–Trinajstić information content (AvgIpc) is 3.29. The predicted molar refractivity (Wildman–Crippen MR) is 125 cm³/mol. The number of rotatable bonds is 6. The van der Waals surface area contributed by atoms with Crippen LogP contribution in [-0.4, -0.2) is 45.1 Å². The topological polar surface area (TPSA) is 112 Å². The van der Waals surface area contributed by atoms with E-state index in [0.29, 0.717) is 5.56 Å². The number of carbonyl (C=O) groups is 2. The summed E-state index contributed by atoms with van der Waals surface area (Å²) in [5.41, 5.74) is 4.15. The molecular formula is C24H30N6O2. The molecule has 0 bridgehead atoms. The van der Waals surface area contributed by atoms with Gasteiger partial charge in [0.05, 0.1) is 23.0 Å². The van der Waals surface area contributed by atoms with Crippen LogP contribution in [0.3, 0.4) is 0 Å². The third-order valence-corrected chi connectivity index (χ3v) is 5.85. The Morgan fingerprint density at radius 3 is 2.38 bits per heavy atom. The lowest BCUT2D eigenvalue weighted by molar-refractivity contribution is -0.119. The van der Waals surface area contributed by atoms with Crippen LogP contribution in [0.25, 0.3) is 22.0 Å². The van der Waals surface area contributed by atoms with Crippen LogP contribution in [0.2, 0.25) is 0 Å². The Morgan fingerprint density at radius 1 is 1.03 bits per heavy atom. The second-order valence-electron chi connectivity index (χ2n) is 8.79. The fourth-order valence-electron chi connectivity index (χ4n) is 4.33. The van der Waals surface area contributed by atoms with E-state index in [1.807, 2.05) is 24.4 Å². The van der Waals surface area contributed by atoms with Gasteiger partial charge in [0.2, 0.25) is 5.91 Å². The van der Waals surface area contributed by atoms with Gasteiger partial charge >= 0.3 is 0 Å². The summed E-state index contributed by atoms with van der Waals surface area (Å²) in [5.74, 6) is -0.127. The number of hydrogen-bond donors (Lipinski definition) is 4. The second kappa shape index (κ2) is 9.38. The number of hydrogen-bond acceptors (Lipinski definition) is 5. The van der Waals surface area contributed by atoms with Crippen LogP contribution >= 0.6 is 0 Å². The van der Waals surface area contributed by atoms with Crippen molar-refractivity contribution in [3.63, 3.8) is 0 Å². The molecule has 2 amide bonds. The van der Waals surface area contributed by atoms with Gasteiger partial charge in [-0.25, -0.2) is 0 Å². The minimum Gasteiger partial charge on any atom is -0.382 e. The number of aromatic nitrogens is 3. The summed E-state index contributed by atoms with van der Waals surface area (Å²) in [7, 11) is 0. The quantitative estimate of drug-likeness (QED) is 0.473. The monoisotopic (exact) mass is 434 g/mol. The maximum absolute atomic E-state index is 13.3. The van der Waals surface area contributed by atoms with E-state index in [1.54, 1.807) is 19.3 Å². The van der Waals surface area contributed by atoms with E-state index in [1.165, 1.54) is 0 Å². The number of benzene rings is 1. The summed E-state index contributed by atoms with van der Waals surface area (Å²) < 4.78 is 0. The molecule has 8 nitrogen and oxygen atoms in total. The molecule has 0 radical (unpaired) electrons. The molecule has 4 N–H and O–H groups in total. The predicted octanol–water partition coefficient (Wildman–Crippen LogP) is 3.62. The normalized spacial score (nSPS) is 18.5. The molecule has 3 aromatic rings. The maximum atomic E-state index is 13.3. The van der Waals surface area contributed by atoms with Crippen molar-refractivity contribution < 1.29 is 9.59 Å². The van der Waals surface area contributed by atoms with E-state index >= 15 is 0 Å². The Bertz CT molecular complexity index is 1100. The zero-order valence-corrected chi connectivity index (χ0v) is 18.7. The fraction of sp³-hybridized carbons (Fsp3) is 0.417. The summed E-state index contributed by atoms with van der Waals surface area (Å²) >= 11 is 0. The summed E-state index contributed by atoms with van der Waals surface area (Å²) in [5, 5.41) is 17.4. The molecule has 0 saturated heterocycles. The van der Waals surface area contributed by atoms with Crippen LogP contribution in [0, 0.1) is 0 Å². The third-order valence-electron chi connectivity index (χ3n) is 5.85. The zero-order valence-electron chi connectivity index (χ0n) is 18.7. The number of aromatic amines is 1. The Kier molecular flexibility index (Phi) is 6.39. The number of fused-ring (bicyclic) bond motifs is 1. The Hall–Kier alpha value is -3.42.